The Bertz CT molecular complexity index is 974. The Kier molecular flexibility index (Phi) is 4.19. The van der Waals surface area contributed by atoms with E-state index in [2.05, 4.69) is 15.5 Å². The van der Waals surface area contributed by atoms with Gasteiger partial charge in [-0.05, 0) is 59.6 Å². The number of halogens is 1. The van der Waals surface area contributed by atoms with E-state index in [1.165, 1.54) is 19.2 Å². The Morgan fingerprint density at radius 1 is 1.30 bits per heavy atom. The highest BCUT2D eigenvalue weighted by Gasteiger charge is 2.30. The highest BCUT2D eigenvalue weighted by molar-refractivity contribution is 6.44. The maximum atomic E-state index is 14.0. The number of benzene rings is 2. The first-order valence-corrected chi connectivity index (χ1v) is 8.44. The summed E-state index contributed by atoms with van der Waals surface area (Å²) in [6.45, 7) is 1.43. The summed E-state index contributed by atoms with van der Waals surface area (Å²) in [5.41, 5.74) is 6.78. The SMILES string of the molecule is COc1ccc(F)cc1-c1cc2c(c3c1CCN(C)C3)NON=C2C(=O)O. The Labute approximate surface area is 154 Å². The van der Waals surface area contributed by atoms with Gasteiger partial charge in [0.1, 0.15) is 11.6 Å². The number of methoxy groups -OCH3 is 1. The molecule has 0 aliphatic carbocycles. The van der Waals surface area contributed by atoms with Crippen LogP contribution in [0.1, 0.15) is 16.7 Å². The molecule has 0 spiro atoms. The molecular weight excluding hydrogens is 353 g/mol. The molecule has 0 saturated heterocycles. The summed E-state index contributed by atoms with van der Waals surface area (Å²) in [4.78, 5) is 18.7. The first kappa shape index (κ1) is 17.3. The van der Waals surface area contributed by atoms with E-state index in [9.17, 15) is 14.3 Å². The van der Waals surface area contributed by atoms with Gasteiger partial charge in [0.05, 0.1) is 12.8 Å². The molecule has 0 saturated carbocycles. The molecule has 2 aliphatic rings. The molecule has 0 fully saturated rings. The van der Waals surface area contributed by atoms with Crippen LogP contribution in [-0.4, -0.2) is 42.4 Å². The van der Waals surface area contributed by atoms with Gasteiger partial charge in [-0.3, -0.25) is 4.94 Å². The summed E-state index contributed by atoms with van der Waals surface area (Å²) in [5.74, 6) is -1.07. The predicted octanol–water partition coefficient (Wildman–Crippen LogP) is 2.63. The lowest BCUT2D eigenvalue weighted by molar-refractivity contribution is -0.129. The van der Waals surface area contributed by atoms with E-state index in [4.69, 9.17) is 9.68 Å². The molecule has 0 bridgehead atoms. The number of oxime groups is 1. The standard InChI is InChI=1S/C19H18FN3O4/c1-23-6-5-11-12(13-7-10(20)3-4-16(13)26-2)8-14-17(15(11)9-23)21-27-22-18(14)19(24)25/h3-4,7-8,21H,5-6,9H2,1-2H3,(H,24,25). The number of hydrogen-bond donors (Lipinski definition) is 2. The lowest BCUT2D eigenvalue weighted by atomic mass is 9.85. The van der Waals surface area contributed by atoms with Crippen molar-refractivity contribution < 1.29 is 24.0 Å². The van der Waals surface area contributed by atoms with Gasteiger partial charge in [0.25, 0.3) is 0 Å². The van der Waals surface area contributed by atoms with Crippen molar-refractivity contribution >= 4 is 17.4 Å². The van der Waals surface area contributed by atoms with E-state index >= 15 is 0 Å². The largest absolute Gasteiger partial charge is 0.496 e. The van der Waals surface area contributed by atoms with Crippen LogP contribution >= 0.6 is 0 Å². The quantitative estimate of drug-likeness (QED) is 0.863. The van der Waals surface area contributed by atoms with Crippen LogP contribution in [0, 0.1) is 5.82 Å². The van der Waals surface area contributed by atoms with Gasteiger partial charge in [0.2, 0.25) is 0 Å². The average Bonchev–Trinajstić information content (AvgIpc) is 2.66. The summed E-state index contributed by atoms with van der Waals surface area (Å²) in [5, 5.41) is 13.1. The summed E-state index contributed by atoms with van der Waals surface area (Å²) >= 11 is 0. The van der Waals surface area contributed by atoms with Crippen LogP contribution in [0.25, 0.3) is 11.1 Å². The van der Waals surface area contributed by atoms with Crippen LogP contribution in [-0.2, 0) is 22.7 Å². The third-order valence-electron chi connectivity index (χ3n) is 4.91. The lowest BCUT2D eigenvalue weighted by Gasteiger charge is -2.31. The zero-order valence-electron chi connectivity index (χ0n) is 14.9. The Hall–Kier alpha value is -3.13. The highest BCUT2D eigenvalue weighted by Crippen LogP contribution is 2.41. The zero-order chi connectivity index (χ0) is 19.1. The summed E-state index contributed by atoms with van der Waals surface area (Å²) in [7, 11) is 3.51. The second-order valence-corrected chi connectivity index (χ2v) is 6.57. The van der Waals surface area contributed by atoms with Crippen molar-refractivity contribution in [2.75, 3.05) is 26.2 Å². The van der Waals surface area contributed by atoms with Crippen LogP contribution in [0.15, 0.2) is 29.4 Å². The number of likely N-dealkylation sites (N-methyl/N-ethyl adjacent to an activating group) is 1. The van der Waals surface area contributed by atoms with Crippen molar-refractivity contribution in [3.05, 3.63) is 46.8 Å². The minimum absolute atomic E-state index is 0.198. The zero-order valence-corrected chi connectivity index (χ0v) is 14.9. The number of nitrogens with one attached hydrogen (secondary N) is 1. The molecule has 0 unspecified atom stereocenters. The van der Waals surface area contributed by atoms with E-state index in [0.29, 0.717) is 29.1 Å². The third kappa shape index (κ3) is 2.87. The van der Waals surface area contributed by atoms with E-state index in [1.807, 2.05) is 7.05 Å². The summed E-state index contributed by atoms with van der Waals surface area (Å²) in [6, 6.07) is 6.03. The minimum Gasteiger partial charge on any atom is -0.496 e. The smallest absolute Gasteiger partial charge is 0.358 e. The molecule has 0 aromatic heterocycles. The molecule has 140 valence electrons. The molecule has 2 heterocycles. The van der Waals surface area contributed by atoms with Gasteiger partial charge in [-0.1, -0.05) is 0 Å². The molecule has 2 aliphatic heterocycles. The first-order chi connectivity index (χ1) is 13.0. The van der Waals surface area contributed by atoms with Crippen LogP contribution < -0.4 is 10.2 Å². The molecule has 2 aromatic carbocycles. The number of carboxylic acids is 1. The normalized spacial score (nSPS) is 15.7. The van der Waals surface area contributed by atoms with Crippen molar-refractivity contribution in [3.63, 3.8) is 0 Å². The number of fused-ring (bicyclic) bond motifs is 3. The van der Waals surface area contributed by atoms with Crippen LogP contribution in [0.2, 0.25) is 0 Å². The van der Waals surface area contributed by atoms with Gasteiger partial charge in [-0.15, -0.1) is 0 Å². The lowest BCUT2D eigenvalue weighted by Crippen LogP contribution is -2.30. The average molecular weight is 371 g/mol. The van der Waals surface area contributed by atoms with Crippen LogP contribution in [0.3, 0.4) is 0 Å². The number of aliphatic carboxylic acids is 1. The van der Waals surface area contributed by atoms with Crippen molar-refractivity contribution in [2.45, 2.75) is 13.0 Å². The summed E-state index contributed by atoms with van der Waals surface area (Å²) in [6.07, 6.45) is 0.731. The molecule has 0 amide bonds. The topological polar surface area (TPSA) is 83.4 Å². The van der Waals surface area contributed by atoms with Crippen molar-refractivity contribution in [3.8, 4) is 16.9 Å². The maximum absolute atomic E-state index is 14.0. The van der Waals surface area contributed by atoms with E-state index in [-0.39, 0.29) is 5.71 Å². The Morgan fingerprint density at radius 3 is 2.85 bits per heavy atom. The molecule has 0 atom stereocenters. The molecule has 4 rings (SSSR count). The molecule has 0 radical (unpaired) electrons. The van der Waals surface area contributed by atoms with Crippen molar-refractivity contribution in [1.29, 1.82) is 0 Å². The fraction of sp³-hybridized carbons (Fsp3) is 0.263. The van der Waals surface area contributed by atoms with Crippen molar-refractivity contribution in [2.24, 2.45) is 5.16 Å². The molecule has 8 heteroatoms. The highest BCUT2D eigenvalue weighted by atomic mass is 19.1. The number of hydrogen-bond acceptors (Lipinski definition) is 6. The fourth-order valence-electron chi connectivity index (χ4n) is 3.64. The molecule has 7 nitrogen and oxygen atoms in total. The number of carbonyl (C=O) groups is 1. The van der Waals surface area contributed by atoms with Gasteiger partial charge in [-0.2, -0.15) is 5.48 Å². The van der Waals surface area contributed by atoms with Gasteiger partial charge in [0.15, 0.2) is 5.71 Å². The predicted molar refractivity (Wildman–Crippen MR) is 97.3 cm³/mol. The Morgan fingerprint density at radius 2 is 2.11 bits per heavy atom. The maximum Gasteiger partial charge on any atom is 0.358 e. The monoisotopic (exact) mass is 371 g/mol. The van der Waals surface area contributed by atoms with E-state index < -0.39 is 11.8 Å². The van der Waals surface area contributed by atoms with Crippen LogP contribution in [0.5, 0.6) is 5.75 Å². The van der Waals surface area contributed by atoms with Crippen molar-refractivity contribution in [1.82, 2.24) is 4.90 Å². The number of anilines is 1. The number of nitrogens with zero attached hydrogens (tertiary/aromatic N) is 2. The molecular formula is C19H18FN3O4. The minimum atomic E-state index is -1.20. The van der Waals surface area contributed by atoms with Crippen LogP contribution in [0.4, 0.5) is 10.1 Å². The number of ether oxygens (including phenoxy) is 1. The fourth-order valence-corrected chi connectivity index (χ4v) is 3.64. The second kappa shape index (κ2) is 6.55. The van der Waals surface area contributed by atoms with Gasteiger partial charge >= 0.3 is 5.97 Å². The van der Waals surface area contributed by atoms with E-state index in [1.54, 1.807) is 12.1 Å². The molecule has 2 N–H and O–H groups in total. The number of rotatable bonds is 3. The molecule has 27 heavy (non-hydrogen) atoms. The van der Waals surface area contributed by atoms with Gasteiger partial charge < -0.3 is 14.7 Å². The second-order valence-electron chi connectivity index (χ2n) is 6.57. The van der Waals surface area contributed by atoms with Gasteiger partial charge in [0, 0.05) is 24.2 Å². The third-order valence-corrected chi connectivity index (χ3v) is 4.91. The van der Waals surface area contributed by atoms with Gasteiger partial charge in [-0.25, -0.2) is 9.18 Å². The Balaban J connectivity index is 2.03. The first-order valence-electron chi connectivity index (χ1n) is 8.44. The summed E-state index contributed by atoms with van der Waals surface area (Å²) < 4.78 is 19.4. The van der Waals surface area contributed by atoms with E-state index in [0.717, 1.165) is 29.7 Å². The molecule has 2 aromatic rings. The number of carboxylic acid groups (broad SMARTS) is 1.